The topological polar surface area (TPSA) is 98.5 Å². The molecule has 0 radical (unpaired) electrons. The van der Waals surface area contributed by atoms with Gasteiger partial charge in [-0.05, 0) is 26.0 Å². The van der Waals surface area contributed by atoms with E-state index in [2.05, 4.69) is 5.32 Å². The fraction of sp³-hybridized carbons (Fsp3) is 0.385. The zero-order valence-electron chi connectivity index (χ0n) is 12.3. The first-order chi connectivity index (χ1) is 9.52. The molecule has 0 atom stereocenters. The maximum absolute atomic E-state index is 12.3. The largest absolute Gasteiger partial charge is 0.495 e. The molecule has 0 bridgehead atoms. The SMILES string of the molecule is COc1cccc(C(N)=S)c1NC(=O)C(C)(C)S(C)(=O)=O. The maximum Gasteiger partial charge on any atom is 0.245 e. The molecule has 0 saturated carbocycles. The van der Waals surface area contributed by atoms with Crippen LogP contribution in [0.5, 0.6) is 5.75 Å². The fourth-order valence-electron chi connectivity index (χ4n) is 1.47. The Bertz CT molecular complexity index is 681. The average molecular weight is 330 g/mol. The summed E-state index contributed by atoms with van der Waals surface area (Å²) in [5, 5.41) is 2.55. The van der Waals surface area contributed by atoms with Crippen LogP contribution in [-0.4, -0.2) is 37.4 Å². The molecule has 0 fully saturated rings. The smallest absolute Gasteiger partial charge is 0.245 e. The third-order valence-electron chi connectivity index (χ3n) is 3.22. The van der Waals surface area contributed by atoms with Crippen molar-refractivity contribution in [1.82, 2.24) is 0 Å². The van der Waals surface area contributed by atoms with Crippen LogP contribution >= 0.6 is 12.2 Å². The van der Waals surface area contributed by atoms with Crippen molar-refractivity contribution in [3.63, 3.8) is 0 Å². The first-order valence-electron chi connectivity index (χ1n) is 6.00. The number of anilines is 1. The zero-order chi connectivity index (χ0) is 16.4. The summed E-state index contributed by atoms with van der Waals surface area (Å²) in [5.41, 5.74) is 6.28. The molecular weight excluding hydrogens is 312 g/mol. The van der Waals surface area contributed by atoms with E-state index in [0.717, 1.165) is 6.26 Å². The number of methoxy groups -OCH3 is 1. The Balaban J connectivity index is 3.31. The first kappa shape index (κ1) is 17.4. The summed E-state index contributed by atoms with van der Waals surface area (Å²) in [7, 11) is -2.16. The number of carbonyl (C=O) groups is 1. The summed E-state index contributed by atoms with van der Waals surface area (Å²) in [4.78, 5) is 12.4. The number of carbonyl (C=O) groups excluding carboxylic acids is 1. The molecule has 0 aliphatic heterocycles. The van der Waals surface area contributed by atoms with Gasteiger partial charge in [0.25, 0.3) is 0 Å². The van der Waals surface area contributed by atoms with Crippen LogP contribution in [0.3, 0.4) is 0 Å². The van der Waals surface area contributed by atoms with Crippen molar-refractivity contribution in [3.8, 4) is 5.75 Å². The monoisotopic (exact) mass is 330 g/mol. The molecule has 0 heterocycles. The van der Waals surface area contributed by atoms with E-state index in [1.165, 1.54) is 21.0 Å². The van der Waals surface area contributed by atoms with Gasteiger partial charge in [0.15, 0.2) is 9.84 Å². The highest BCUT2D eigenvalue weighted by molar-refractivity contribution is 7.92. The Morgan fingerprint density at radius 2 is 1.95 bits per heavy atom. The van der Waals surface area contributed by atoms with E-state index in [0.29, 0.717) is 11.3 Å². The minimum absolute atomic E-state index is 0.0707. The molecule has 6 nitrogen and oxygen atoms in total. The maximum atomic E-state index is 12.3. The molecule has 8 heteroatoms. The number of para-hydroxylation sites is 1. The minimum Gasteiger partial charge on any atom is -0.495 e. The summed E-state index contributed by atoms with van der Waals surface area (Å²) < 4.78 is 27.0. The molecular formula is C13H18N2O4S2. The van der Waals surface area contributed by atoms with Crippen LogP contribution in [0.4, 0.5) is 5.69 Å². The highest BCUT2D eigenvalue weighted by Gasteiger charge is 2.39. The van der Waals surface area contributed by atoms with Crippen LogP contribution in [-0.2, 0) is 14.6 Å². The Kier molecular flexibility index (Phi) is 4.95. The summed E-state index contributed by atoms with van der Waals surface area (Å²) in [5.74, 6) is -0.343. The molecule has 0 aromatic heterocycles. The van der Waals surface area contributed by atoms with Gasteiger partial charge in [-0.25, -0.2) is 8.42 Å². The predicted octanol–water partition coefficient (Wildman–Crippen LogP) is 1.09. The van der Waals surface area contributed by atoms with Crippen LogP contribution in [0.25, 0.3) is 0 Å². The average Bonchev–Trinajstić information content (AvgIpc) is 2.37. The second-order valence-electron chi connectivity index (χ2n) is 4.98. The third kappa shape index (κ3) is 3.51. The quantitative estimate of drug-likeness (QED) is 0.784. The predicted molar refractivity (Wildman–Crippen MR) is 86.4 cm³/mol. The van der Waals surface area contributed by atoms with Gasteiger partial charge in [-0.15, -0.1) is 0 Å². The summed E-state index contributed by atoms with van der Waals surface area (Å²) >= 11 is 4.93. The molecule has 0 aliphatic rings. The molecule has 1 rings (SSSR count). The highest BCUT2D eigenvalue weighted by Crippen LogP contribution is 2.30. The molecule has 1 aromatic rings. The van der Waals surface area contributed by atoms with Crippen molar-refractivity contribution in [2.75, 3.05) is 18.7 Å². The van der Waals surface area contributed by atoms with Crippen LogP contribution in [0.2, 0.25) is 0 Å². The van der Waals surface area contributed by atoms with Crippen molar-refractivity contribution in [2.45, 2.75) is 18.6 Å². The van der Waals surface area contributed by atoms with E-state index in [-0.39, 0.29) is 10.7 Å². The van der Waals surface area contributed by atoms with Crippen LogP contribution in [0, 0.1) is 0 Å². The molecule has 1 amide bonds. The van der Waals surface area contributed by atoms with Gasteiger partial charge < -0.3 is 15.8 Å². The number of sulfone groups is 1. The standard InChI is InChI=1S/C13H18N2O4S2/c1-13(2,21(4,17)18)12(16)15-10-8(11(14)20)6-5-7-9(10)19-3/h5-7H,1-4H3,(H2,14,20)(H,15,16). The van der Waals surface area contributed by atoms with Gasteiger partial charge in [0, 0.05) is 11.8 Å². The molecule has 116 valence electrons. The van der Waals surface area contributed by atoms with Crippen molar-refractivity contribution >= 4 is 38.6 Å². The number of hydrogen-bond donors (Lipinski definition) is 2. The number of amides is 1. The van der Waals surface area contributed by atoms with Crippen LogP contribution < -0.4 is 15.8 Å². The lowest BCUT2D eigenvalue weighted by Gasteiger charge is -2.23. The number of nitrogens with two attached hydrogens (primary N) is 1. The molecule has 0 saturated heterocycles. The Labute approximate surface area is 129 Å². The zero-order valence-corrected chi connectivity index (χ0v) is 13.9. The van der Waals surface area contributed by atoms with E-state index in [9.17, 15) is 13.2 Å². The lowest BCUT2D eigenvalue weighted by atomic mass is 10.1. The second-order valence-corrected chi connectivity index (χ2v) is 7.99. The van der Waals surface area contributed by atoms with Crippen molar-refractivity contribution in [2.24, 2.45) is 5.73 Å². The van der Waals surface area contributed by atoms with Crippen LogP contribution in [0.15, 0.2) is 18.2 Å². The molecule has 0 aliphatic carbocycles. The van der Waals surface area contributed by atoms with E-state index in [4.69, 9.17) is 22.7 Å². The van der Waals surface area contributed by atoms with Gasteiger partial charge in [-0.2, -0.15) is 0 Å². The third-order valence-corrected chi connectivity index (χ3v) is 5.48. The fourth-order valence-corrected chi connectivity index (χ4v) is 2.03. The molecule has 21 heavy (non-hydrogen) atoms. The van der Waals surface area contributed by atoms with Gasteiger partial charge in [0.05, 0.1) is 12.8 Å². The molecule has 1 aromatic carbocycles. The normalized spacial score (nSPS) is 11.8. The number of hydrogen-bond acceptors (Lipinski definition) is 5. The van der Waals surface area contributed by atoms with Crippen molar-refractivity contribution in [3.05, 3.63) is 23.8 Å². The summed E-state index contributed by atoms with van der Waals surface area (Å²) in [6.45, 7) is 2.65. The summed E-state index contributed by atoms with van der Waals surface area (Å²) in [6.07, 6.45) is 1.00. The molecule has 3 N–H and O–H groups in total. The minimum atomic E-state index is -3.59. The number of rotatable bonds is 5. The molecule has 0 unspecified atom stereocenters. The van der Waals surface area contributed by atoms with Gasteiger partial charge in [0.1, 0.15) is 15.5 Å². The van der Waals surface area contributed by atoms with Crippen molar-refractivity contribution < 1.29 is 17.9 Å². The van der Waals surface area contributed by atoms with E-state index >= 15 is 0 Å². The summed E-state index contributed by atoms with van der Waals surface area (Å²) in [6, 6.07) is 4.91. The number of benzene rings is 1. The van der Waals surface area contributed by atoms with Gasteiger partial charge in [-0.3, -0.25) is 4.79 Å². The van der Waals surface area contributed by atoms with Gasteiger partial charge >= 0.3 is 0 Å². The van der Waals surface area contributed by atoms with Crippen LogP contribution in [0.1, 0.15) is 19.4 Å². The van der Waals surface area contributed by atoms with Crippen molar-refractivity contribution in [1.29, 1.82) is 0 Å². The number of ether oxygens (including phenoxy) is 1. The van der Waals surface area contributed by atoms with Gasteiger partial charge in [-0.1, -0.05) is 18.3 Å². The van der Waals surface area contributed by atoms with E-state index in [1.807, 2.05) is 0 Å². The number of thiocarbonyl (C=S) groups is 1. The van der Waals surface area contributed by atoms with E-state index < -0.39 is 20.5 Å². The highest BCUT2D eigenvalue weighted by atomic mass is 32.2. The Morgan fingerprint density at radius 1 is 1.38 bits per heavy atom. The Morgan fingerprint density at radius 3 is 2.38 bits per heavy atom. The van der Waals surface area contributed by atoms with Gasteiger partial charge in [0.2, 0.25) is 5.91 Å². The Hall–Kier alpha value is -1.67. The lowest BCUT2D eigenvalue weighted by Crippen LogP contribution is -2.44. The second kappa shape index (κ2) is 5.98. The lowest BCUT2D eigenvalue weighted by molar-refractivity contribution is -0.117. The molecule has 0 spiro atoms. The first-order valence-corrected chi connectivity index (χ1v) is 8.30. The van der Waals surface area contributed by atoms with E-state index in [1.54, 1.807) is 18.2 Å². The number of nitrogens with one attached hydrogen (secondary N) is 1.